The van der Waals surface area contributed by atoms with Crippen molar-refractivity contribution in [2.45, 2.75) is 33.1 Å². The molecule has 4 nitrogen and oxygen atoms in total. The first-order valence-corrected chi connectivity index (χ1v) is 8.20. The zero-order valence-corrected chi connectivity index (χ0v) is 14.8. The number of benzene rings is 2. The number of nitrogens with one attached hydrogen (secondary N) is 1. The molecule has 0 aliphatic carbocycles. The number of carbonyl (C=O) groups is 1. The summed E-state index contributed by atoms with van der Waals surface area (Å²) < 4.78 is 10.8. The van der Waals surface area contributed by atoms with Gasteiger partial charge in [-0.15, -0.1) is 0 Å². The summed E-state index contributed by atoms with van der Waals surface area (Å²) in [6.45, 7) is 6.28. The van der Waals surface area contributed by atoms with E-state index < -0.39 is 0 Å². The van der Waals surface area contributed by atoms with E-state index in [4.69, 9.17) is 9.47 Å². The lowest BCUT2D eigenvalue weighted by atomic mass is 9.99. The van der Waals surface area contributed by atoms with E-state index in [1.54, 1.807) is 7.11 Å². The molecule has 0 aromatic heterocycles. The van der Waals surface area contributed by atoms with Crippen molar-refractivity contribution in [3.63, 3.8) is 0 Å². The van der Waals surface area contributed by atoms with Crippen molar-refractivity contribution >= 4 is 11.6 Å². The van der Waals surface area contributed by atoms with E-state index in [9.17, 15) is 4.79 Å². The zero-order chi connectivity index (χ0) is 17.5. The minimum Gasteiger partial charge on any atom is -0.495 e. The number of carbonyl (C=O) groups excluding carboxylic acids is 1. The Morgan fingerprint density at radius 3 is 2.50 bits per heavy atom. The number of anilines is 1. The van der Waals surface area contributed by atoms with Crippen LogP contribution in [0, 0.1) is 6.92 Å². The number of hydrogen-bond donors (Lipinski definition) is 1. The fraction of sp³-hybridized carbons (Fsp3) is 0.350. The fourth-order valence-electron chi connectivity index (χ4n) is 2.38. The highest BCUT2D eigenvalue weighted by Gasteiger charge is 2.09. The van der Waals surface area contributed by atoms with Crippen LogP contribution in [-0.2, 0) is 4.79 Å². The summed E-state index contributed by atoms with van der Waals surface area (Å²) in [6.07, 6.45) is 1.10. The van der Waals surface area contributed by atoms with E-state index in [0.29, 0.717) is 23.1 Å². The third-order valence-electron chi connectivity index (χ3n) is 4.06. The maximum absolute atomic E-state index is 12.1. The van der Waals surface area contributed by atoms with E-state index in [-0.39, 0.29) is 12.5 Å². The topological polar surface area (TPSA) is 47.6 Å². The summed E-state index contributed by atoms with van der Waals surface area (Å²) >= 11 is 0. The Balaban J connectivity index is 1.93. The highest BCUT2D eigenvalue weighted by Crippen LogP contribution is 2.25. The quantitative estimate of drug-likeness (QED) is 0.812. The average molecular weight is 327 g/mol. The molecule has 0 saturated carbocycles. The first-order valence-electron chi connectivity index (χ1n) is 8.20. The molecule has 1 N–H and O–H groups in total. The smallest absolute Gasteiger partial charge is 0.262 e. The second-order valence-corrected chi connectivity index (χ2v) is 5.92. The first-order chi connectivity index (χ1) is 11.5. The van der Waals surface area contributed by atoms with Crippen LogP contribution in [-0.4, -0.2) is 19.6 Å². The second kappa shape index (κ2) is 8.39. The molecule has 0 saturated heterocycles. The molecule has 0 radical (unpaired) electrons. The molecule has 0 aliphatic heterocycles. The molecule has 0 aliphatic rings. The first kappa shape index (κ1) is 17.9. The molecular formula is C20H25NO3. The molecule has 4 heteroatoms. The van der Waals surface area contributed by atoms with Crippen LogP contribution < -0.4 is 14.8 Å². The molecule has 1 atom stereocenters. The Morgan fingerprint density at radius 2 is 1.88 bits per heavy atom. The number of amides is 1. The maximum Gasteiger partial charge on any atom is 0.262 e. The summed E-state index contributed by atoms with van der Waals surface area (Å²) in [5, 5.41) is 2.82. The van der Waals surface area contributed by atoms with Crippen molar-refractivity contribution in [2.24, 2.45) is 0 Å². The Kier molecular flexibility index (Phi) is 6.24. The molecule has 128 valence electrons. The van der Waals surface area contributed by atoms with Gasteiger partial charge in [0.25, 0.3) is 5.91 Å². The van der Waals surface area contributed by atoms with Gasteiger partial charge in [0.15, 0.2) is 6.61 Å². The lowest BCUT2D eigenvalue weighted by Crippen LogP contribution is -2.20. The molecule has 2 rings (SSSR count). The Labute approximate surface area is 143 Å². The number of hydrogen-bond acceptors (Lipinski definition) is 3. The van der Waals surface area contributed by atoms with Gasteiger partial charge in [-0.2, -0.15) is 0 Å². The molecule has 0 fully saturated rings. The van der Waals surface area contributed by atoms with Crippen molar-refractivity contribution in [1.29, 1.82) is 0 Å². The van der Waals surface area contributed by atoms with Gasteiger partial charge in [0.1, 0.15) is 11.5 Å². The number of methoxy groups -OCH3 is 1. The SMILES string of the molecule is CCC(C)c1ccc(OCC(=O)Nc2cc(C)ccc2OC)cc1. The maximum atomic E-state index is 12.1. The van der Waals surface area contributed by atoms with Gasteiger partial charge in [0.2, 0.25) is 0 Å². The van der Waals surface area contributed by atoms with Crippen molar-refractivity contribution in [3.8, 4) is 11.5 Å². The Bertz CT molecular complexity index is 680. The molecule has 1 amide bonds. The van der Waals surface area contributed by atoms with Gasteiger partial charge < -0.3 is 14.8 Å². The third-order valence-corrected chi connectivity index (χ3v) is 4.06. The summed E-state index contributed by atoms with van der Waals surface area (Å²) in [7, 11) is 1.58. The van der Waals surface area contributed by atoms with Crippen molar-refractivity contribution in [2.75, 3.05) is 19.0 Å². The number of aryl methyl sites for hydroxylation is 1. The van der Waals surface area contributed by atoms with Gasteiger partial charge in [0.05, 0.1) is 12.8 Å². The van der Waals surface area contributed by atoms with Crippen LogP contribution in [0.2, 0.25) is 0 Å². The average Bonchev–Trinajstić information content (AvgIpc) is 2.60. The molecule has 0 bridgehead atoms. The van der Waals surface area contributed by atoms with Crippen LogP contribution in [0.5, 0.6) is 11.5 Å². The molecule has 0 spiro atoms. The van der Waals surface area contributed by atoms with Crippen LogP contribution >= 0.6 is 0 Å². The van der Waals surface area contributed by atoms with E-state index in [1.165, 1.54) is 5.56 Å². The molecule has 2 aromatic rings. The van der Waals surface area contributed by atoms with Gasteiger partial charge in [-0.1, -0.05) is 32.0 Å². The Morgan fingerprint density at radius 1 is 1.17 bits per heavy atom. The van der Waals surface area contributed by atoms with Crippen LogP contribution in [0.15, 0.2) is 42.5 Å². The third kappa shape index (κ3) is 4.75. The fourth-order valence-corrected chi connectivity index (χ4v) is 2.38. The van der Waals surface area contributed by atoms with Gasteiger partial charge in [-0.25, -0.2) is 0 Å². The predicted octanol–water partition coefficient (Wildman–Crippen LogP) is 4.53. The molecule has 24 heavy (non-hydrogen) atoms. The van der Waals surface area contributed by atoms with Gasteiger partial charge >= 0.3 is 0 Å². The molecule has 1 unspecified atom stereocenters. The van der Waals surface area contributed by atoms with E-state index in [1.807, 2.05) is 49.4 Å². The summed E-state index contributed by atoms with van der Waals surface area (Å²) in [5.74, 6) is 1.63. The van der Waals surface area contributed by atoms with Gasteiger partial charge in [0, 0.05) is 0 Å². The Hall–Kier alpha value is -2.49. The van der Waals surface area contributed by atoms with E-state index in [0.717, 1.165) is 12.0 Å². The summed E-state index contributed by atoms with van der Waals surface area (Å²) in [4.78, 5) is 12.1. The van der Waals surface area contributed by atoms with Crippen LogP contribution in [0.1, 0.15) is 37.3 Å². The molecular weight excluding hydrogens is 302 g/mol. The normalized spacial score (nSPS) is 11.7. The highest BCUT2D eigenvalue weighted by atomic mass is 16.5. The van der Waals surface area contributed by atoms with Gasteiger partial charge in [-0.05, 0) is 54.7 Å². The monoisotopic (exact) mass is 327 g/mol. The van der Waals surface area contributed by atoms with Gasteiger partial charge in [-0.3, -0.25) is 4.79 Å². The summed E-state index contributed by atoms with van der Waals surface area (Å²) in [5.41, 5.74) is 2.98. The largest absolute Gasteiger partial charge is 0.495 e. The number of ether oxygens (including phenoxy) is 2. The van der Waals surface area contributed by atoms with E-state index >= 15 is 0 Å². The second-order valence-electron chi connectivity index (χ2n) is 5.92. The lowest BCUT2D eigenvalue weighted by Gasteiger charge is -2.12. The van der Waals surface area contributed by atoms with Crippen LogP contribution in [0.3, 0.4) is 0 Å². The minimum atomic E-state index is -0.218. The highest BCUT2D eigenvalue weighted by molar-refractivity contribution is 5.93. The molecule has 0 heterocycles. The standard InChI is InChI=1S/C20H25NO3/c1-5-15(3)16-7-9-17(10-8-16)24-13-20(22)21-18-12-14(2)6-11-19(18)23-4/h6-12,15H,5,13H2,1-4H3,(H,21,22). The summed E-state index contributed by atoms with van der Waals surface area (Å²) in [6, 6.07) is 13.5. The van der Waals surface area contributed by atoms with Crippen molar-refractivity contribution < 1.29 is 14.3 Å². The molecule has 2 aromatic carbocycles. The van der Waals surface area contributed by atoms with Crippen LogP contribution in [0.4, 0.5) is 5.69 Å². The van der Waals surface area contributed by atoms with Crippen molar-refractivity contribution in [1.82, 2.24) is 0 Å². The van der Waals surface area contributed by atoms with Crippen molar-refractivity contribution in [3.05, 3.63) is 53.6 Å². The lowest BCUT2D eigenvalue weighted by molar-refractivity contribution is -0.118. The minimum absolute atomic E-state index is 0.0419. The van der Waals surface area contributed by atoms with Crippen LogP contribution in [0.25, 0.3) is 0 Å². The zero-order valence-electron chi connectivity index (χ0n) is 14.8. The number of rotatable bonds is 7. The van der Waals surface area contributed by atoms with E-state index in [2.05, 4.69) is 19.2 Å². The predicted molar refractivity (Wildman–Crippen MR) is 97.0 cm³/mol.